The van der Waals surface area contributed by atoms with Crippen molar-refractivity contribution in [2.45, 2.75) is 69.9 Å². The van der Waals surface area contributed by atoms with Crippen LogP contribution in [0.4, 0.5) is 16.2 Å². The molecule has 48 heavy (non-hydrogen) atoms. The molecule has 12 nitrogen and oxygen atoms in total. The summed E-state index contributed by atoms with van der Waals surface area (Å²) in [6.07, 6.45) is 5.69. The van der Waals surface area contributed by atoms with Crippen LogP contribution in [0.5, 0.6) is 0 Å². The van der Waals surface area contributed by atoms with Gasteiger partial charge in [0.2, 0.25) is 20.0 Å². The molecule has 2 aromatic carbocycles. The molecule has 14 heteroatoms. The summed E-state index contributed by atoms with van der Waals surface area (Å²) in [5, 5.41) is 12.4. The Balaban J connectivity index is 1.25. The number of piperidine rings is 1. The van der Waals surface area contributed by atoms with Gasteiger partial charge in [-0.15, -0.1) is 0 Å². The van der Waals surface area contributed by atoms with Crippen LogP contribution in [-0.4, -0.2) is 99.6 Å². The minimum absolute atomic E-state index is 0.160. The Morgan fingerprint density at radius 2 is 1.54 bits per heavy atom. The Kier molecular flexibility index (Phi) is 10.5. The second-order valence-corrected chi connectivity index (χ2v) is 18.6. The van der Waals surface area contributed by atoms with Crippen LogP contribution in [0.3, 0.4) is 0 Å². The van der Waals surface area contributed by atoms with Crippen LogP contribution in [0.1, 0.15) is 68.8 Å². The molecule has 0 atom stereocenters. The van der Waals surface area contributed by atoms with E-state index in [4.69, 9.17) is 0 Å². The minimum Gasteiger partial charge on any atom is -0.465 e. The van der Waals surface area contributed by atoms with Gasteiger partial charge >= 0.3 is 6.09 Å². The number of sulfonamides is 2. The van der Waals surface area contributed by atoms with Gasteiger partial charge in [-0.05, 0) is 87.4 Å². The molecule has 0 radical (unpaired) electrons. The number of hydrogen-bond acceptors (Lipinski definition) is 7. The number of nitrogens with one attached hydrogen (secondary N) is 1. The van der Waals surface area contributed by atoms with E-state index in [0.29, 0.717) is 50.9 Å². The van der Waals surface area contributed by atoms with Crippen LogP contribution in [0, 0.1) is 17.8 Å². The fraction of sp³-hybridized carbons (Fsp3) is 0.588. The van der Waals surface area contributed by atoms with Crippen molar-refractivity contribution >= 4 is 43.4 Å². The molecule has 1 aliphatic carbocycles. The molecule has 0 aromatic heterocycles. The Labute approximate surface area is 285 Å². The van der Waals surface area contributed by atoms with Gasteiger partial charge < -0.3 is 15.3 Å². The standard InChI is InChI=1S/C34H49N5O7S2/c1-34(2,3)39(33(41)42)23-25-21-37(22-25)20-24-9-14-31(36(4)47(5,43)44)30(19-24)32(40)35-28-10-12-29(13-11-28)48(45,46)38-17-15-27(16-18-38)26-7-6-8-26/h9-14,19,25-27H,6-8,15-18,20-23H2,1-5H3,(H,35,40)(H,41,42). The SMILES string of the molecule is CN(c1ccc(CN2CC(CN(C(=O)O)C(C)(C)C)C2)cc1C(=O)Nc1ccc(S(=O)(=O)N2CCC(C3CCC3)CC2)cc1)S(C)(=O)=O. The Hall–Kier alpha value is -3.20. The second kappa shape index (κ2) is 14.0. The first-order chi connectivity index (χ1) is 22.4. The van der Waals surface area contributed by atoms with E-state index < -0.39 is 37.6 Å². The number of carboxylic acid groups (broad SMARTS) is 1. The number of anilines is 2. The van der Waals surface area contributed by atoms with Crippen molar-refractivity contribution < 1.29 is 31.5 Å². The van der Waals surface area contributed by atoms with Gasteiger partial charge in [0.1, 0.15) is 0 Å². The third-order valence-corrected chi connectivity index (χ3v) is 13.2. The topological polar surface area (TPSA) is 148 Å². The maximum atomic E-state index is 13.6. The summed E-state index contributed by atoms with van der Waals surface area (Å²) >= 11 is 0. The van der Waals surface area contributed by atoms with Crippen molar-refractivity contribution in [2.75, 3.05) is 55.6 Å². The van der Waals surface area contributed by atoms with Crippen molar-refractivity contribution in [1.82, 2.24) is 14.1 Å². The Morgan fingerprint density at radius 1 is 0.938 bits per heavy atom. The summed E-state index contributed by atoms with van der Waals surface area (Å²) < 4.78 is 54.2. The van der Waals surface area contributed by atoms with E-state index in [9.17, 15) is 31.5 Å². The molecule has 264 valence electrons. The quantitative estimate of drug-likeness (QED) is 0.341. The lowest BCUT2D eigenvalue weighted by atomic mass is 9.72. The largest absolute Gasteiger partial charge is 0.465 e. The fourth-order valence-electron chi connectivity index (χ4n) is 6.95. The number of carbonyl (C=O) groups excluding carboxylic acids is 1. The van der Waals surface area contributed by atoms with Gasteiger partial charge in [0.15, 0.2) is 0 Å². The number of amides is 2. The van der Waals surface area contributed by atoms with Gasteiger partial charge in [0, 0.05) is 63.5 Å². The zero-order chi connectivity index (χ0) is 35.0. The number of likely N-dealkylation sites (tertiary alicyclic amines) is 1. The number of rotatable bonds is 11. The van der Waals surface area contributed by atoms with Crippen molar-refractivity contribution in [2.24, 2.45) is 17.8 Å². The molecule has 0 spiro atoms. The first-order valence-corrected chi connectivity index (χ1v) is 19.9. The highest BCUT2D eigenvalue weighted by Gasteiger charge is 2.36. The lowest BCUT2D eigenvalue weighted by Crippen LogP contribution is -2.55. The van der Waals surface area contributed by atoms with Crippen molar-refractivity contribution in [3.63, 3.8) is 0 Å². The van der Waals surface area contributed by atoms with Crippen LogP contribution < -0.4 is 9.62 Å². The highest BCUT2D eigenvalue weighted by atomic mass is 32.2. The molecule has 2 heterocycles. The van der Waals surface area contributed by atoms with Crippen molar-refractivity contribution in [1.29, 1.82) is 0 Å². The molecule has 1 saturated carbocycles. The normalized spacial score (nSPS) is 18.9. The smallest absolute Gasteiger partial charge is 0.407 e. The monoisotopic (exact) mass is 703 g/mol. The lowest BCUT2D eigenvalue weighted by Gasteiger charge is -2.44. The number of nitrogens with zero attached hydrogens (tertiary/aromatic N) is 4. The predicted octanol–water partition coefficient (Wildman–Crippen LogP) is 4.75. The zero-order valence-electron chi connectivity index (χ0n) is 28.6. The maximum Gasteiger partial charge on any atom is 0.407 e. The molecular formula is C34H49N5O7S2. The van der Waals surface area contributed by atoms with Gasteiger partial charge in [-0.2, -0.15) is 4.31 Å². The molecule has 0 bridgehead atoms. The molecule has 2 aliphatic heterocycles. The van der Waals surface area contributed by atoms with E-state index in [1.54, 1.807) is 34.6 Å². The molecule has 3 aliphatic rings. The van der Waals surface area contributed by atoms with E-state index in [-0.39, 0.29) is 22.1 Å². The van der Waals surface area contributed by atoms with Crippen LogP contribution in [0.2, 0.25) is 0 Å². The van der Waals surface area contributed by atoms with E-state index in [1.807, 2.05) is 20.8 Å². The average Bonchev–Trinajstić information content (AvgIpc) is 2.96. The van der Waals surface area contributed by atoms with Crippen molar-refractivity contribution in [3.05, 3.63) is 53.6 Å². The third-order valence-electron chi connectivity index (χ3n) is 10.1. The number of carbonyl (C=O) groups is 2. The second-order valence-electron chi connectivity index (χ2n) is 14.6. The van der Waals surface area contributed by atoms with Crippen LogP contribution in [0.25, 0.3) is 0 Å². The molecule has 2 aromatic rings. The Morgan fingerprint density at radius 3 is 2.06 bits per heavy atom. The van der Waals surface area contributed by atoms with E-state index in [1.165, 1.54) is 43.3 Å². The van der Waals surface area contributed by atoms with E-state index in [0.717, 1.165) is 34.9 Å². The van der Waals surface area contributed by atoms with E-state index in [2.05, 4.69) is 10.2 Å². The summed E-state index contributed by atoms with van der Waals surface area (Å²) in [4.78, 5) is 29.2. The molecule has 5 rings (SSSR count). The zero-order valence-corrected chi connectivity index (χ0v) is 30.2. The van der Waals surface area contributed by atoms with Crippen LogP contribution >= 0.6 is 0 Å². The van der Waals surface area contributed by atoms with Crippen LogP contribution in [-0.2, 0) is 26.6 Å². The highest BCUT2D eigenvalue weighted by Crippen LogP contribution is 2.39. The summed E-state index contributed by atoms with van der Waals surface area (Å²) in [5.74, 6) is 1.01. The summed E-state index contributed by atoms with van der Waals surface area (Å²) in [5.41, 5.74) is 1.06. The first kappa shape index (κ1) is 36.1. The fourth-order valence-corrected chi connectivity index (χ4v) is 8.94. The predicted molar refractivity (Wildman–Crippen MR) is 186 cm³/mol. The van der Waals surface area contributed by atoms with E-state index >= 15 is 0 Å². The summed E-state index contributed by atoms with van der Waals surface area (Å²) in [6, 6.07) is 11.2. The first-order valence-electron chi connectivity index (χ1n) is 16.6. The highest BCUT2D eigenvalue weighted by molar-refractivity contribution is 7.92. The van der Waals surface area contributed by atoms with Gasteiger partial charge in [0.25, 0.3) is 5.91 Å². The Bertz CT molecular complexity index is 1710. The molecule has 0 unspecified atom stereocenters. The molecular weight excluding hydrogens is 655 g/mol. The van der Waals surface area contributed by atoms with Crippen molar-refractivity contribution in [3.8, 4) is 0 Å². The lowest BCUT2D eigenvalue weighted by molar-refractivity contribution is 0.0330. The molecule has 2 saturated heterocycles. The average molecular weight is 704 g/mol. The van der Waals surface area contributed by atoms with Gasteiger partial charge in [-0.3, -0.25) is 14.0 Å². The van der Waals surface area contributed by atoms with Crippen LogP contribution in [0.15, 0.2) is 47.4 Å². The summed E-state index contributed by atoms with van der Waals surface area (Å²) in [7, 11) is -5.94. The molecule has 3 fully saturated rings. The summed E-state index contributed by atoms with van der Waals surface area (Å²) in [6.45, 7) is 8.97. The van der Waals surface area contributed by atoms with Gasteiger partial charge in [0.05, 0.1) is 22.4 Å². The van der Waals surface area contributed by atoms with Gasteiger partial charge in [-0.1, -0.05) is 25.3 Å². The third kappa shape index (κ3) is 8.15. The minimum atomic E-state index is -3.67. The van der Waals surface area contributed by atoms with Gasteiger partial charge in [-0.25, -0.2) is 21.6 Å². The molecule has 2 amide bonds. The molecule has 2 N–H and O–H groups in total. The number of benzene rings is 2. The maximum absolute atomic E-state index is 13.6. The number of hydrogen-bond donors (Lipinski definition) is 2.